The monoisotopic (exact) mass is 263 g/mol. The van der Waals surface area contributed by atoms with Crippen molar-refractivity contribution in [2.24, 2.45) is 0 Å². The van der Waals surface area contributed by atoms with Crippen LogP contribution in [0, 0.1) is 0 Å². The molecule has 1 aromatic heterocycles. The van der Waals surface area contributed by atoms with Crippen molar-refractivity contribution < 1.29 is 14.7 Å². The van der Waals surface area contributed by atoms with E-state index in [-0.39, 0.29) is 18.1 Å². The second kappa shape index (κ2) is 6.29. The van der Waals surface area contributed by atoms with Crippen molar-refractivity contribution in [2.75, 3.05) is 11.9 Å². The molecular weight excluding hydrogens is 246 g/mol. The van der Waals surface area contributed by atoms with Crippen LogP contribution in [0.2, 0.25) is 0 Å². The SMILES string of the molecule is O=C(CNC1CCCC1)Nc1ccc(C(=O)O)nc1. The van der Waals surface area contributed by atoms with Gasteiger partial charge in [-0.3, -0.25) is 4.79 Å². The van der Waals surface area contributed by atoms with Crippen LogP contribution in [-0.4, -0.2) is 34.6 Å². The number of pyridine rings is 1. The minimum Gasteiger partial charge on any atom is -0.477 e. The highest BCUT2D eigenvalue weighted by Crippen LogP contribution is 2.17. The molecule has 19 heavy (non-hydrogen) atoms. The van der Waals surface area contributed by atoms with Crippen LogP contribution >= 0.6 is 0 Å². The van der Waals surface area contributed by atoms with Crippen molar-refractivity contribution in [1.29, 1.82) is 0 Å². The molecule has 2 rings (SSSR count). The van der Waals surface area contributed by atoms with Crippen LogP contribution in [-0.2, 0) is 4.79 Å². The Morgan fingerprint density at radius 2 is 2.05 bits per heavy atom. The lowest BCUT2D eigenvalue weighted by molar-refractivity contribution is -0.115. The molecular formula is C13H17N3O3. The van der Waals surface area contributed by atoms with Crippen molar-refractivity contribution in [3.63, 3.8) is 0 Å². The molecule has 1 fully saturated rings. The highest BCUT2D eigenvalue weighted by atomic mass is 16.4. The molecule has 0 atom stereocenters. The summed E-state index contributed by atoms with van der Waals surface area (Å²) in [5.41, 5.74) is 0.463. The lowest BCUT2D eigenvalue weighted by atomic mass is 10.2. The first-order chi connectivity index (χ1) is 9.15. The predicted molar refractivity (Wildman–Crippen MR) is 70.1 cm³/mol. The fourth-order valence-electron chi connectivity index (χ4n) is 2.17. The van der Waals surface area contributed by atoms with Crippen molar-refractivity contribution in [2.45, 2.75) is 31.7 Å². The summed E-state index contributed by atoms with van der Waals surface area (Å²) in [5.74, 6) is -1.22. The number of anilines is 1. The number of aromatic nitrogens is 1. The summed E-state index contributed by atoms with van der Waals surface area (Å²) in [4.78, 5) is 26.0. The Morgan fingerprint density at radius 3 is 2.63 bits per heavy atom. The summed E-state index contributed by atoms with van der Waals surface area (Å²) in [5, 5.41) is 14.6. The number of nitrogens with zero attached hydrogens (tertiary/aromatic N) is 1. The topological polar surface area (TPSA) is 91.3 Å². The fourth-order valence-corrected chi connectivity index (χ4v) is 2.17. The number of hydrogen-bond acceptors (Lipinski definition) is 4. The first kappa shape index (κ1) is 13.5. The summed E-state index contributed by atoms with van der Waals surface area (Å²) in [7, 11) is 0. The highest BCUT2D eigenvalue weighted by Gasteiger charge is 2.15. The number of amides is 1. The molecule has 1 aliphatic rings. The Balaban J connectivity index is 1.79. The Kier molecular flexibility index (Phi) is 4.46. The summed E-state index contributed by atoms with van der Waals surface area (Å²) in [6, 6.07) is 3.34. The van der Waals surface area contributed by atoms with Gasteiger partial charge >= 0.3 is 5.97 Å². The molecule has 3 N–H and O–H groups in total. The molecule has 6 nitrogen and oxygen atoms in total. The zero-order valence-corrected chi connectivity index (χ0v) is 10.6. The number of hydrogen-bond donors (Lipinski definition) is 3. The maximum atomic E-state index is 11.7. The van der Waals surface area contributed by atoms with Crippen LogP contribution < -0.4 is 10.6 Å². The number of nitrogens with one attached hydrogen (secondary N) is 2. The van der Waals surface area contributed by atoms with Gasteiger partial charge in [-0.05, 0) is 25.0 Å². The molecule has 6 heteroatoms. The van der Waals surface area contributed by atoms with Gasteiger partial charge in [0.05, 0.1) is 18.4 Å². The zero-order chi connectivity index (χ0) is 13.7. The largest absolute Gasteiger partial charge is 0.477 e. The van der Waals surface area contributed by atoms with E-state index in [4.69, 9.17) is 5.11 Å². The van der Waals surface area contributed by atoms with Gasteiger partial charge in [0, 0.05) is 6.04 Å². The number of carbonyl (C=O) groups is 2. The summed E-state index contributed by atoms with van der Waals surface area (Å²) < 4.78 is 0. The van der Waals surface area contributed by atoms with E-state index in [2.05, 4.69) is 15.6 Å². The third-order valence-corrected chi connectivity index (χ3v) is 3.17. The van der Waals surface area contributed by atoms with Gasteiger partial charge in [-0.25, -0.2) is 9.78 Å². The van der Waals surface area contributed by atoms with Crippen molar-refractivity contribution in [1.82, 2.24) is 10.3 Å². The Labute approximate surface area is 111 Å². The number of rotatable bonds is 5. The third-order valence-electron chi connectivity index (χ3n) is 3.17. The number of aromatic carboxylic acids is 1. The van der Waals surface area contributed by atoms with Gasteiger partial charge in [-0.1, -0.05) is 12.8 Å². The molecule has 0 spiro atoms. The lowest BCUT2D eigenvalue weighted by Gasteiger charge is -2.11. The van der Waals surface area contributed by atoms with E-state index in [1.807, 2.05) is 0 Å². The maximum Gasteiger partial charge on any atom is 0.354 e. The van der Waals surface area contributed by atoms with Crippen LogP contribution in [0.1, 0.15) is 36.2 Å². The second-order valence-electron chi connectivity index (χ2n) is 4.65. The molecule has 1 amide bonds. The molecule has 1 saturated carbocycles. The average molecular weight is 263 g/mol. The first-order valence-corrected chi connectivity index (χ1v) is 6.38. The van der Waals surface area contributed by atoms with E-state index in [0.717, 1.165) is 12.8 Å². The van der Waals surface area contributed by atoms with Gasteiger partial charge in [0.25, 0.3) is 0 Å². The molecule has 1 aromatic rings. The van der Waals surface area contributed by atoms with E-state index in [0.29, 0.717) is 11.7 Å². The molecule has 1 aliphatic carbocycles. The zero-order valence-electron chi connectivity index (χ0n) is 10.6. The first-order valence-electron chi connectivity index (χ1n) is 6.38. The van der Waals surface area contributed by atoms with E-state index in [1.165, 1.54) is 31.2 Å². The highest BCUT2D eigenvalue weighted by molar-refractivity contribution is 5.92. The van der Waals surface area contributed by atoms with Crippen molar-refractivity contribution in [3.8, 4) is 0 Å². The van der Waals surface area contributed by atoms with Gasteiger partial charge in [0.2, 0.25) is 5.91 Å². The minimum absolute atomic E-state index is 0.0397. The molecule has 0 radical (unpaired) electrons. The Hall–Kier alpha value is -1.95. The van der Waals surface area contributed by atoms with E-state index in [9.17, 15) is 9.59 Å². The summed E-state index contributed by atoms with van der Waals surface area (Å²) >= 11 is 0. The fraction of sp³-hybridized carbons (Fsp3) is 0.462. The van der Waals surface area contributed by atoms with Crippen LogP contribution in [0.15, 0.2) is 18.3 Å². The van der Waals surface area contributed by atoms with E-state index in [1.54, 1.807) is 0 Å². The van der Waals surface area contributed by atoms with Gasteiger partial charge in [0.15, 0.2) is 0 Å². The maximum absolute atomic E-state index is 11.7. The molecule has 0 aliphatic heterocycles. The van der Waals surface area contributed by atoms with E-state index < -0.39 is 5.97 Å². The van der Waals surface area contributed by atoms with Gasteiger partial charge in [-0.2, -0.15) is 0 Å². The number of carbonyl (C=O) groups excluding carboxylic acids is 1. The van der Waals surface area contributed by atoms with Crippen molar-refractivity contribution >= 4 is 17.6 Å². The standard InChI is InChI=1S/C13H17N3O3/c17-12(8-14-9-3-1-2-4-9)16-10-5-6-11(13(18)19)15-7-10/h5-7,9,14H,1-4,8H2,(H,16,17)(H,18,19). The summed E-state index contributed by atoms with van der Waals surface area (Å²) in [6.07, 6.45) is 6.04. The molecule has 0 bridgehead atoms. The molecule has 0 unspecified atom stereocenters. The number of carboxylic acids is 1. The quantitative estimate of drug-likeness (QED) is 0.743. The molecule has 102 valence electrons. The van der Waals surface area contributed by atoms with Crippen molar-refractivity contribution in [3.05, 3.63) is 24.0 Å². The van der Waals surface area contributed by atoms with Crippen LogP contribution in [0.5, 0.6) is 0 Å². The predicted octanol–water partition coefficient (Wildman–Crippen LogP) is 1.25. The minimum atomic E-state index is -1.08. The Morgan fingerprint density at radius 1 is 1.32 bits per heavy atom. The lowest BCUT2D eigenvalue weighted by Crippen LogP contribution is -2.34. The molecule has 0 aromatic carbocycles. The van der Waals surface area contributed by atoms with Crippen LogP contribution in [0.4, 0.5) is 5.69 Å². The molecule has 1 heterocycles. The number of carboxylic acid groups (broad SMARTS) is 1. The van der Waals surface area contributed by atoms with E-state index >= 15 is 0 Å². The normalized spacial score (nSPS) is 15.4. The average Bonchev–Trinajstić information content (AvgIpc) is 2.90. The van der Waals surface area contributed by atoms with Crippen LogP contribution in [0.3, 0.4) is 0 Å². The third kappa shape index (κ3) is 4.03. The Bertz CT molecular complexity index is 453. The van der Waals surface area contributed by atoms with Gasteiger partial charge < -0.3 is 15.7 Å². The second-order valence-corrected chi connectivity index (χ2v) is 4.65. The summed E-state index contributed by atoms with van der Waals surface area (Å²) in [6.45, 7) is 0.269. The van der Waals surface area contributed by atoms with Gasteiger partial charge in [0.1, 0.15) is 5.69 Å². The molecule has 0 saturated heterocycles. The smallest absolute Gasteiger partial charge is 0.354 e. The van der Waals surface area contributed by atoms with Crippen LogP contribution in [0.25, 0.3) is 0 Å². The van der Waals surface area contributed by atoms with Gasteiger partial charge in [-0.15, -0.1) is 0 Å².